The molecule has 0 spiro atoms. The van der Waals surface area contributed by atoms with Crippen LogP contribution in [0.25, 0.3) is 0 Å². The molecule has 0 bridgehead atoms. The van der Waals surface area contributed by atoms with Crippen LogP contribution in [0, 0.1) is 0 Å². The van der Waals surface area contributed by atoms with Crippen LogP contribution in [-0.2, 0) is 0 Å². The third kappa shape index (κ3) is 2.08. The van der Waals surface area contributed by atoms with Gasteiger partial charge in [-0.2, -0.15) is 0 Å². The van der Waals surface area contributed by atoms with Crippen LogP contribution in [0.3, 0.4) is 0 Å². The predicted octanol–water partition coefficient (Wildman–Crippen LogP) is 1.03. The van der Waals surface area contributed by atoms with Crippen molar-refractivity contribution in [1.29, 1.82) is 0 Å². The number of rotatable bonds is 2. The third-order valence-electron chi connectivity index (χ3n) is 2.15. The summed E-state index contributed by atoms with van der Waals surface area (Å²) in [6.45, 7) is 0. The Bertz CT molecular complexity index is 281. The highest BCUT2D eigenvalue weighted by molar-refractivity contribution is 6.29. The van der Waals surface area contributed by atoms with Crippen LogP contribution in [-0.4, -0.2) is 22.1 Å². The third-order valence-corrected chi connectivity index (χ3v) is 2.34. The van der Waals surface area contributed by atoms with E-state index in [-0.39, 0.29) is 0 Å². The number of hydrogen-bond acceptors (Lipinski definition) is 4. The molecule has 13 heavy (non-hydrogen) atoms. The average molecular weight is 199 g/mol. The van der Waals surface area contributed by atoms with Crippen molar-refractivity contribution in [3.63, 3.8) is 0 Å². The molecule has 4 nitrogen and oxygen atoms in total. The zero-order valence-corrected chi connectivity index (χ0v) is 7.83. The number of hydrogen-bond donors (Lipinski definition) is 2. The Hall–Kier alpha value is -0.870. The van der Waals surface area contributed by atoms with Crippen molar-refractivity contribution >= 4 is 17.4 Å². The first-order chi connectivity index (χ1) is 6.24. The molecule has 5 heteroatoms. The number of anilines is 1. The molecule has 1 aliphatic rings. The molecule has 0 saturated heterocycles. The van der Waals surface area contributed by atoms with Crippen LogP contribution < -0.4 is 11.1 Å². The lowest BCUT2D eigenvalue weighted by atomic mass is 9.88. The Kier molecular flexibility index (Phi) is 2.33. The van der Waals surface area contributed by atoms with Gasteiger partial charge in [0.15, 0.2) is 0 Å². The molecule has 1 fully saturated rings. The second-order valence-corrected chi connectivity index (χ2v) is 3.68. The fourth-order valence-corrected chi connectivity index (χ4v) is 1.47. The number of nitrogens with one attached hydrogen (secondary N) is 1. The summed E-state index contributed by atoms with van der Waals surface area (Å²) in [7, 11) is 0. The number of nitrogens with two attached hydrogens (primary N) is 1. The zero-order valence-electron chi connectivity index (χ0n) is 7.07. The van der Waals surface area contributed by atoms with Gasteiger partial charge in [-0.3, -0.25) is 0 Å². The maximum absolute atomic E-state index is 5.65. The lowest BCUT2D eigenvalue weighted by molar-refractivity contribution is 0.373. The van der Waals surface area contributed by atoms with Gasteiger partial charge >= 0.3 is 0 Å². The van der Waals surface area contributed by atoms with Gasteiger partial charge < -0.3 is 11.1 Å². The monoisotopic (exact) mass is 198 g/mol. The van der Waals surface area contributed by atoms with E-state index >= 15 is 0 Å². The maximum atomic E-state index is 5.65. The smallest absolute Gasteiger partial charge is 0.147 e. The van der Waals surface area contributed by atoms with E-state index in [0.717, 1.165) is 18.7 Å². The van der Waals surface area contributed by atoms with Crippen molar-refractivity contribution < 1.29 is 0 Å². The molecule has 0 radical (unpaired) electrons. The Labute approximate surface area is 81.5 Å². The maximum Gasteiger partial charge on any atom is 0.147 e. The van der Waals surface area contributed by atoms with Gasteiger partial charge in [0.25, 0.3) is 0 Å². The molecular formula is C8H11ClN4. The predicted molar refractivity (Wildman–Crippen MR) is 51.7 cm³/mol. The van der Waals surface area contributed by atoms with Crippen LogP contribution in [0.2, 0.25) is 5.15 Å². The van der Waals surface area contributed by atoms with E-state index < -0.39 is 0 Å². The Morgan fingerprint density at radius 1 is 1.38 bits per heavy atom. The fourth-order valence-electron chi connectivity index (χ4n) is 1.38. The molecule has 1 saturated carbocycles. The van der Waals surface area contributed by atoms with Crippen LogP contribution in [0.15, 0.2) is 12.4 Å². The SMILES string of the molecule is NC1CC(Nc2cnc(Cl)cn2)C1. The first kappa shape index (κ1) is 8.72. The molecule has 1 aromatic heterocycles. The second-order valence-electron chi connectivity index (χ2n) is 3.30. The largest absolute Gasteiger partial charge is 0.366 e. The molecule has 3 N–H and O–H groups in total. The van der Waals surface area contributed by atoms with Gasteiger partial charge in [0.05, 0.1) is 12.4 Å². The van der Waals surface area contributed by atoms with Crippen molar-refractivity contribution in [3.8, 4) is 0 Å². The van der Waals surface area contributed by atoms with Crippen LogP contribution >= 0.6 is 11.6 Å². The summed E-state index contributed by atoms with van der Waals surface area (Å²) in [4.78, 5) is 8.00. The average Bonchev–Trinajstić information content (AvgIpc) is 2.06. The van der Waals surface area contributed by atoms with Crippen LogP contribution in [0.4, 0.5) is 5.82 Å². The van der Waals surface area contributed by atoms with Crippen LogP contribution in [0.5, 0.6) is 0 Å². The fraction of sp³-hybridized carbons (Fsp3) is 0.500. The highest BCUT2D eigenvalue weighted by atomic mass is 35.5. The molecule has 0 atom stereocenters. The molecule has 0 amide bonds. The summed E-state index contributed by atoms with van der Waals surface area (Å²) in [5, 5.41) is 3.64. The Balaban J connectivity index is 1.91. The van der Waals surface area contributed by atoms with E-state index in [0.29, 0.717) is 17.2 Å². The van der Waals surface area contributed by atoms with Crippen LogP contribution in [0.1, 0.15) is 12.8 Å². The molecular weight excluding hydrogens is 188 g/mol. The topological polar surface area (TPSA) is 63.8 Å². The zero-order chi connectivity index (χ0) is 9.26. The minimum atomic E-state index is 0.345. The van der Waals surface area contributed by atoms with E-state index in [1.165, 1.54) is 6.20 Å². The van der Waals surface area contributed by atoms with E-state index in [2.05, 4.69) is 15.3 Å². The highest BCUT2D eigenvalue weighted by Crippen LogP contribution is 2.21. The van der Waals surface area contributed by atoms with Crippen molar-refractivity contribution in [2.45, 2.75) is 24.9 Å². The van der Waals surface area contributed by atoms with Crippen molar-refractivity contribution in [2.75, 3.05) is 5.32 Å². The lowest BCUT2D eigenvalue weighted by Gasteiger charge is -2.33. The van der Waals surface area contributed by atoms with Crippen molar-refractivity contribution in [2.24, 2.45) is 5.73 Å². The van der Waals surface area contributed by atoms with Gasteiger partial charge in [0, 0.05) is 12.1 Å². The summed E-state index contributed by atoms with van der Waals surface area (Å²) in [6, 6.07) is 0.795. The van der Waals surface area contributed by atoms with Gasteiger partial charge in [-0.25, -0.2) is 9.97 Å². The Morgan fingerprint density at radius 2 is 2.15 bits per heavy atom. The molecule has 1 heterocycles. The summed E-state index contributed by atoms with van der Waals surface area (Å²) in [6.07, 6.45) is 5.17. The first-order valence-electron chi connectivity index (χ1n) is 4.23. The van der Waals surface area contributed by atoms with Gasteiger partial charge in [-0.1, -0.05) is 11.6 Å². The molecule has 2 rings (SSSR count). The first-order valence-corrected chi connectivity index (χ1v) is 4.61. The Morgan fingerprint density at radius 3 is 2.69 bits per heavy atom. The van der Waals surface area contributed by atoms with Crippen molar-refractivity contribution in [1.82, 2.24) is 9.97 Å². The molecule has 0 aromatic carbocycles. The highest BCUT2D eigenvalue weighted by Gasteiger charge is 2.25. The molecule has 1 aliphatic carbocycles. The van der Waals surface area contributed by atoms with E-state index in [1.807, 2.05) is 0 Å². The standard InChI is InChI=1S/C8H11ClN4/c9-7-3-12-8(4-11-7)13-6-1-5(10)2-6/h3-6H,1-2,10H2,(H,12,13). The minimum Gasteiger partial charge on any atom is -0.366 e. The lowest BCUT2D eigenvalue weighted by Crippen LogP contribution is -2.44. The van der Waals surface area contributed by atoms with Gasteiger partial charge in [-0.15, -0.1) is 0 Å². The summed E-state index contributed by atoms with van der Waals surface area (Å²) < 4.78 is 0. The minimum absolute atomic E-state index is 0.345. The molecule has 0 unspecified atom stereocenters. The summed E-state index contributed by atoms with van der Waals surface area (Å²) in [5.74, 6) is 0.765. The normalized spacial score (nSPS) is 26.6. The van der Waals surface area contributed by atoms with Gasteiger partial charge in [-0.05, 0) is 12.8 Å². The van der Waals surface area contributed by atoms with Gasteiger partial charge in [0.1, 0.15) is 11.0 Å². The summed E-state index contributed by atoms with van der Waals surface area (Å²) in [5.41, 5.74) is 5.65. The number of nitrogens with zero attached hydrogens (tertiary/aromatic N) is 2. The molecule has 0 aliphatic heterocycles. The van der Waals surface area contributed by atoms with E-state index in [4.69, 9.17) is 17.3 Å². The van der Waals surface area contributed by atoms with Crippen molar-refractivity contribution in [3.05, 3.63) is 17.5 Å². The summed E-state index contributed by atoms with van der Waals surface area (Å²) >= 11 is 5.60. The second kappa shape index (κ2) is 3.47. The number of halogens is 1. The molecule has 70 valence electrons. The quantitative estimate of drug-likeness (QED) is 0.745. The van der Waals surface area contributed by atoms with Gasteiger partial charge in [0.2, 0.25) is 0 Å². The number of aromatic nitrogens is 2. The van der Waals surface area contributed by atoms with E-state index in [9.17, 15) is 0 Å². The molecule has 1 aromatic rings. The van der Waals surface area contributed by atoms with E-state index in [1.54, 1.807) is 6.20 Å².